The first kappa shape index (κ1) is 9.97. The molecule has 0 bridgehead atoms. The van der Waals surface area contributed by atoms with Crippen LogP contribution in [0.2, 0.25) is 0 Å². The largest absolute Gasteiger partial charge is 0.490 e. The van der Waals surface area contributed by atoms with E-state index >= 15 is 0 Å². The van der Waals surface area contributed by atoms with Crippen LogP contribution >= 0.6 is 0 Å². The minimum absolute atomic E-state index is 0.323. The number of rotatable bonds is 3. The van der Waals surface area contributed by atoms with E-state index in [-0.39, 0.29) is 0 Å². The molecule has 0 heterocycles. The van der Waals surface area contributed by atoms with Crippen molar-refractivity contribution in [1.82, 2.24) is 0 Å². The third kappa shape index (κ3) is 2.27. The second kappa shape index (κ2) is 4.30. The van der Waals surface area contributed by atoms with Crippen molar-refractivity contribution in [2.24, 2.45) is 0 Å². The van der Waals surface area contributed by atoms with Gasteiger partial charge in [-0.2, -0.15) is 0 Å². The van der Waals surface area contributed by atoms with Crippen molar-refractivity contribution in [3.63, 3.8) is 0 Å². The fourth-order valence-electron chi connectivity index (χ4n) is 1.83. The maximum Gasteiger partial charge on any atom is 0.137 e. The van der Waals surface area contributed by atoms with E-state index in [9.17, 15) is 4.79 Å². The second-order valence-corrected chi connectivity index (χ2v) is 3.75. The van der Waals surface area contributed by atoms with Gasteiger partial charge in [0.1, 0.15) is 18.1 Å². The van der Waals surface area contributed by atoms with E-state index in [1.165, 1.54) is 5.56 Å². The van der Waals surface area contributed by atoms with Crippen LogP contribution in [0.4, 0.5) is 0 Å². The minimum atomic E-state index is 0.323. The van der Waals surface area contributed by atoms with Gasteiger partial charge in [-0.15, -0.1) is 0 Å². The number of carbonyl (C=O) groups is 1. The molecule has 0 amide bonds. The zero-order valence-electron chi connectivity index (χ0n) is 8.66. The van der Waals surface area contributed by atoms with E-state index in [1.807, 2.05) is 12.1 Å². The summed E-state index contributed by atoms with van der Waals surface area (Å²) in [5.41, 5.74) is 2.40. The molecule has 15 heavy (non-hydrogen) atoms. The Morgan fingerprint density at radius 2 is 2.20 bits per heavy atom. The molecular weight excluding hydrogens is 188 g/mol. The predicted octanol–water partition coefficient (Wildman–Crippen LogP) is 2.31. The van der Waals surface area contributed by atoms with E-state index in [4.69, 9.17) is 4.74 Å². The molecule has 0 N–H and O–H groups in total. The minimum Gasteiger partial charge on any atom is -0.490 e. The average molecular weight is 202 g/mol. The standard InChI is InChI=1S/C13H14O2/c1-2-7-15-13-6-4-10-3-5-12(14)8-11(10)9-13/h2,4,6,9H,1,3,5,7-8H2. The lowest BCUT2D eigenvalue weighted by Crippen LogP contribution is -2.13. The average Bonchev–Trinajstić information content (AvgIpc) is 2.25. The highest BCUT2D eigenvalue weighted by atomic mass is 16.5. The highest BCUT2D eigenvalue weighted by Gasteiger charge is 2.15. The molecule has 0 saturated heterocycles. The lowest BCUT2D eigenvalue weighted by molar-refractivity contribution is -0.118. The highest BCUT2D eigenvalue weighted by molar-refractivity contribution is 5.83. The zero-order valence-corrected chi connectivity index (χ0v) is 8.66. The molecule has 0 spiro atoms. The third-order valence-electron chi connectivity index (χ3n) is 2.61. The van der Waals surface area contributed by atoms with Crippen molar-refractivity contribution in [2.75, 3.05) is 6.61 Å². The molecule has 0 saturated carbocycles. The zero-order chi connectivity index (χ0) is 10.7. The van der Waals surface area contributed by atoms with Crippen molar-refractivity contribution in [2.45, 2.75) is 19.3 Å². The smallest absolute Gasteiger partial charge is 0.137 e. The van der Waals surface area contributed by atoms with Gasteiger partial charge in [0, 0.05) is 12.8 Å². The SMILES string of the molecule is C=CCOc1ccc2c(c1)CC(=O)CC2. The maximum atomic E-state index is 11.3. The number of fused-ring (bicyclic) bond motifs is 1. The molecule has 1 aromatic rings. The first-order valence-electron chi connectivity index (χ1n) is 5.17. The number of aryl methyl sites for hydroxylation is 1. The van der Waals surface area contributed by atoms with E-state index in [2.05, 4.69) is 12.6 Å². The lowest BCUT2D eigenvalue weighted by Gasteiger charge is -2.15. The Morgan fingerprint density at radius 1 is 1.33 bits per heavy atom. The molecule has 0 radical (unpaired) electrons. The number of hydrogen-bond donors (Lipinski definition) is 0. The summed E-state index contributed by atoms with van der Waals surface area (Å²) >= 11 is 0. The van der Waals surface area contributed by atoms with Crippen LogP contribution in [0.25, 0.3) is 0 Å². The van der Waals surface area contributed by atoms with Crippen molar-refractivity contribution >= 4 is 5.78 Å². The van der Waals surface area contributed by atoms with Crippen LogP contribution in [0.1, 0.15) is 17.5 Å². The van der Waals surface area contributed by atoms with Crippen LogP contribution in [0.5, 0.6) is 5.75 Å². The molecular formula is C13H14O2. The van der Waals surface area contributed by atoms with Crippen LogP contribution in [0, 0.1) is 0 Å². The van der Waals surface area contributed by atoms with Crippen LogP contribution in [-0.4, -0.2) is 12.4 Å². The summed E-state index contributed by atoms with van der Waals surface area (Å²) in [5, 5.41) is 0. The molecule has 1 aliphatic rings. The second-order valence-electron chi connectivity index (χ2n) is 3.75. The van der Waals surface area contributed by atoms with Crippen molar-refractivity contribution in [3.05, 3.63) is 42.0 Å². The summed E-state index contributed by atoms with van der Waals surface area (Å²) in [7, 11) is 0. The molecule has 2 heteroatoms. The Balaban J connectivity index is 2.20. The van der Waals surface area contributed by atoms with Gasteiger partial charge in [-0.25, -0.2) is 0 Å². The number of Topliss-reactive ketones (excluding diaryl/α,β-unsaturated/α-hetero) is 1. The first-order valence-corrected chi connectivity index (χ1v) is 5.17. The lowest BCUT2D eigenvalue weighted by atomic mass is 9.91. The van der Waals surface area contributed by atoms with Gasteiger partial charge in [0.25, 0.3) is 0 Å². The molecule has 2 rings (SSSR count). The van der Waals surface area contributed by atoms with E-state index in [0.29, 0.717) is 25.2 Å². The van der Waals surface area contributed by atoms with Crippen molar-refractivity contribution in [3.8, 4) is 5.75 Å². The van der Waals surface area contributed by atoms with Gasteiger partial charge in [-0.1, -0.05) is 18.7 Å². The highest BCUT2D eigenvalue weighted by Crippen LogP contribution is 2.23. The summed E-state index contributed by atoms with van der Waals surface area (Å²) in [5.74, 6) is 1.15. The fourth-order valence-corrected chi connectivity index (χ4v) is 1.83. The topological polar surface area (TPSA) is 26.3 Å². The maximum absolute atomic E-state index is 11.3. The van der Waals surface area contributed by atoms with Crippen LogP contribution in [0.3, 0.4) is 0 Å². The Bertz CT molecular complexity index is 394. The van der Waals surface area contributed by atoms with Gasteiger partial charge in [0.05, 0.1) is 0 Å². The van der Waals surface area contributed by atoms with Gasteiger partial charge >= 0.3 is 0 Å². The summed E-state index contributed by atoms with van der Waals surface area (Å²) in [6, 6.07) is 5.98. The Labute approximate surface area is 89.6 Å². The molecule has 0 fully saturated rings. The number of benzene rings is 1. The van der Waals surface area contributed by atoms with E-state index in [1.54, 1.807) is 6.08 Å². The molecule has 0 unspecified atom stereocenters. The monoisotopic (exact) mass is 202 g/mol. The summed E-state index contributed by atoms with van der Waals surface area (Å²) < 4.78 is 5.43. The Morgan fingerprint density at radius 3 is 3.00 bits per heavy atom. The van der Waals surface area contributed by atoms with Gasteiger partial charge in [0.15, 0.2) is 0 Å². The van der Waals surface area contributed by atoms with Crippen molar-refractivity contribution in [1.29, 1.82) is 0 Å². The molecule has 2 nitrogen and oxygen atoms in total. The normalized spacial score (nSPS) is 14.5. The van der Waals surface area contributed by atoms with E-state index < -0.39 is 0 Å². The first-order chi connectivity index (χ1) is 7.29. The van der Waals surface area contributed by atoms with Gasteiger partial charge < -0.3 is 4.74 Å². The number of ether oxygens (including phenoxy) is 1. The third-order valence-corrected chi connectivity index (χ3v) is 2.61. The molecule has 0 aliphatic heterocycles. The van der Waals surface area contributed by atoms with E-state index in [0.717, 1.165) is 17.7 Å². The summed E-state index contributed by atoms with van der Waals surface area (Å²) in [6.45, 7) is 4.10. The van der Waals surface area contributed by atoms with Crippen LogP contribution in [-0.2, 0) is 17.6 Å². The summed E-state index contributed by atoms with van der Waals surface area (Å²) in [6.07, 6.45) is 3.82. The summed E-state index contributed by atoms with van der Waals surface area (Å²) in [4.78, 5) is 11.3. The molecule has 78 valence electrons. The molecule has 1 aromatic carbocycles. The van der Waals surface area contributed by atoms with Crippen LogP contribution < -0.4 is 4.74 Å². The van der Waals surface area contributed by atoms with Crippen molar-refractivity contribution < 1.29 is 9.53 Å². The van der Waals surface area contributed by atoms with Crippen LogP contribution in [0.15, 0.2) is 30.9 Å². The Hall–Kier alpha value is -1.57. The predicted molar refractivity (Wildman–Crippen MR) is 59.2 cm³/mol. The quantitative estimate of drug-likeness (QED) is 0.703. The molecule has 0 aromatic heterocycles. The molecule has 0 atom stereocenters. The number of ketones is 1. The van der Waals surface area contributed by atoms with Gasteiger partial charge in [-0.3, -0.25) is 4.79 Å². The number of carbonyl (C=O) groups excluding carboxylic acids is 1. The fraction of sp³-hybridized carbons (Fsp3) is 0.308. The van der Waals surface area contributed by atoms with Gasteiger partial charge in [-0.05, 0) is 29.7 Å². The molecule has 1 aliphatic carbocycles. The van der Waals surface area contributed by atoms with Gasteiger partial charge in [0.2, 0.25) is 0 Å². The number of hydrogen-bond acceptors (Lipinski definition) is 2. The Kier molecular flexibility index (Phi) is 2.86.